The molecular formula is C13H16FNO5S. The van der Waals surface area contributed by atoms with Crippen LogP contribution in [0.5, 0.6) is 0 Å². The Hall–Kier alpha value is -1.51. The Balaban J connectivity index is 2.21. The number of aryl methyl sites for hydroxylation is 1. The Kier molecular flexibility index (Phi) is 4.60. The predicted molar refractivity (Wildman–Crippen MR) is 71.8 cm³/mol. The van der Waals surface area contributed by atoms with Crippen LogP contribution in [0.1, 0.15) is 28.8 Å². The van der Waals surface area contributed by atoms with E-state index in [2.05, 4.69) is 0 Å². The molecule has 0 aliphatic carbocycles. The first-order chi connectivity index (χ1) is 9.79. The molecule has 1 aromatic rings. The van der Waals surface area contributed by atoms with Gasteiger partial charge < -0.3 is 9.47 Å². The van der Waals surface area contributed by atoms with Crippen molar-refractivity contribution in [3.63, 3.8) is 0 Å². The normalized spacial score (nSPS) is 18.7. The third kappa shape index (κ3) is 3.78. The average molecular weight is 317 g/mol. The Morgan fingerprint density at radius 3 is 2.81 bits per heavy atom. The van der Waals surface area contributed by atoms with Crippen LogP contribution in [0.25, 0.3) is 0 Å². The molecule has 6 nitrogen and oxygen atoms in total. The van der Waals surface area contributed by atoms with Gasteiger partial charge in [0.2, 0.25) is 10.0 Å². The average Bonchev–Trinajstić information content (AvgIpc) is 2.91. The van der Waals surface area contributed by atoms with Crippen molar-refractivity contribution in [1.82, 2.24) is 0 Å². The number of ether oxygens (including phenoxy) is 2. The molecular weight excluding hydrogens is 301 g/mol. The second-order valence-corrected chi connectivity index (χ2v) is 6.44. The van der Waals surface area contributed by atoms with E-state index in [0.29, 0.717) is 6.61 Å². The molecule has 1 fully saturated rings. The van der Waals surface area contributed by atoms with Crippen LogP contribution in [0.3, 0.4) is 0 Å². The van der Waals surface area contributed by atoms with Gasteiger partial charge in [-0.1, -0.05) is 0 Å². The second kappa shape index (κ2) is 6.08. The maximum Gasteiger partial charge on any atom is 0.341 e. The topological polar surface area (TPSA) is 95.7 Å². The van der Waals surface area contributed by atoms with E-state index in [1.165, 1.54) is 6.92 Å². The number of halogens is 1. The molecule has 0 aromatic heterocycles. The van der Waals surface area contributed by atoms with Gasteiger partial charge in [0.25, 0.3) is 0 Å². The van der Waals surface area contributed by atoms with Gasteiger partial charge in [0.1, 0.15) is 12.4 Å². The highest BCUT2D eigenvalue weighted by Crippen LogP contribution is 2.20. The SMILES string of the molecule is Cc1cc(S(N)(=O)=O)cc(C(=O)OCC2CCCO2)c1F. The van der Waals surface area contributed by atoms with Crippen LogP contribution in [0, 0.1) is 12.7 Å². The lowest BCUT2D eigenvalue weighted by Crippen LogP contribution is -2.20. The first kappa shape index (κ1) is 15.9. The van der Waals surface area contributed by atoms with E-state index < -0.39 is 27.4 Å². The standard InChI is InChI=1S/C13H16FNO5S/c1-8-5-10(21(15,17)18)6-11(12(8)14)13(16)20-7-9-3-2-4-19-9/h5-6,9H,2-4,7H2,1H3,(H2,15,17,18). The highest BCUT2D eigenvalue weighted by atomic mass is 32.2. The Bertz CT molecular complexity index is 653. The summed E-state index contributed by atoms with van der Waals surface area (Å²) in [5, 5.41) is 5.00. The molecule has 21 heavy (non-hydrogen) atoms. The zero-order chi connectivity index (χ0) is 15.6. The van der Waals surface area contributed by atoms with Gasteiger partial charge in [-0.2, -0.15) is 0 Å². The summed E-state index contributed by atoms with van der Waals surface area (Å²) in [4.78, 5) is 11.6. The zero-order valence-corrected chi connectivity index (χ0v) is 12.3. The third-order valence-corrected chi connectivity index (χ3v) is 4.09. The molecule has 1 heterocycles. The molecule has 0 saturated carbocycles. The van der Waals surface area contributed by atoms with Crippen LogP contribution in [0.15, 0.2) is 17.0 Å². The Morgan fingerprint density at radius 2 is 2.24 bits per heavy atom. The summed E-state index contributed by atoms with van der Waals surface area (Å²) < 4.78 is 46.9. The maximum atomic E-state index is 14.0. The molecule has 2 rings (SSSR count). The minimum atomic E-state index is -4.03. The Labute approximate surface area is 122 Å². The fourth-order valence-electron chi connectivity index (χ4n) is 2.07. The molecule has 116 valence electrons. The van der Waals surface area contributed by atoms with Crippen molar-refractivity contribution in [3.05, 3.63) is 29.1 Å². The Morgan fingerprint density at radius 1 is 1.52 bits per heavy atom. The minimum Gasteiger partial charge on any atom is -0.459 e. The summed E-state index contributed by atoms with van der Waals surface area (Å²) >= 11 is 0. The number of rotatable bonds is 4. The van der Waals surface area contributed by atoms with E-state index in [1.54, 1.807) is 0 Å². The van der Waals surface area contributed by atoms with E-state index in [4.69, 9.17) is 14.6 Å². The summed E-state index contributed by atoms with van der Waals surface area (Å²) in [6, 6.07) is 1.96. The van der Waals surface area contributed by atoms with Crippen molar-refractivity contribution in [2.75, 3.05) is 13.2 Å². The summed E-state index contributed by atoms with van der Waals surface area (Å²) in [6.45, 7) is 1.97. The second-order valence-electron chi connectivity index (χ2n) is 4.88. The molecule has 0 bridgehead atoms. The van der Waals surface area contributed by atoms with Crippen LogP contribution in [-0.2, 0) is 19.5 Å². The summed E-state index contributed by atoms with van der Waals surface area (Å²) in [6.07, 6.45) is 1.46. The summed E-state index contributed by atoms with van der Waals surface area (Å²) in [7, 11) is -4.03. The lowest BCUT2D eigenvalue weighted by molar-refractivity contribution is 0.0157. The maximum absolute atomic E-state index is 14.0. The van der Waals surface area contributed by atoms with Crippen molar-refractivity contribution >= 4 is 16.0 Å². The number of esters is 1. The first-order valence-electron chi connectivity index (χ1n) is 6.40. The van der Waals surface area contributed by atoms with E-state index in [1.807, 2.05) is 0 Å². The number of hydrogen-bond donors (Lipinski definition) is 1. The monoisotopic (exact) mass is 317 g/mol. The molecule has 1 aliphatic heterocycles. The molecule has 0 amide bonds. The first-order valence-corrected chi connectivity index (χ1v) is 7.95. The summed E-state index contributed by atoms with van der Waals surface area (Å²) in [5.41, 5.74) is -0.442. The van der Waals surface area contributed by atoms with E-state index in [9.17, 15) is 17.6 Å². The predicted octanol–water partition coefficient (Wildman–Crippen LogP) is 1.12. The number of carbonyl (C=O) groups excluding carboxylic acids is 1. The van der Waals surface area contributed by atoms with Gasteiger partial charge >= 0.3 is 5.97 Å². The number of carbonyl (C=O) groups is 1. The molecule has 1 saturated heterocycles. The fraction of sp³-hybridized carbons (Fsp3) is 0.462. The number of sulfonamides is 1. The number of nitrogens with two attached hydrogens (primary N) is 1. The van der Waals surface area contributed by atoms with Crippen molar-refractivity contribution in [2.24, 2.45) is 5.14 Å². The van der Waals surface area contributed by atoms with Crippen molar-refractivity contribution in [1.29, 1.82) is 0 Å². The van der Waals surface area contributed by atoms with Gasteiger partial charge in [0.05, 0.1) is 16.6 Å². The molecule has 2 N–H and O–H groups in total. The van der Waals surface area contributed by atoms with Gasteiger partial charge in [-0.25, -0.2) is 22.7 Å². The van der Waals surface area contributed by atoms with Gasteiger partial charge in [0, 0.05) is 6.61 Å². The smallest absolute Gasteiger partial charge is 0.341 e. The van der Waals surface area contributed by atoms with Crippen LogP contribution in [-0.4, -0.2) is 33.7 Å². The number of hydrogen-bond acceptors (Lipinski definition) is 5. The van der Waals surface area contributed by atoms with Crippen LogP contribution in [0.4, 0.5) is 4.39 Å². The van der Waals surface area contributed by atoms with E-state index in [0.717, 1.165) is 25.0 Å². The van der Waals surface area contributed by atoms with Crippen molar-refractivity contribution in [3.8, 4) is 0 Å². The van der Waals surface area contributed by atoms with Gasteiger partial charge in [-0.05, 0) is 37.5 Å². The highest BCUT2D eigenvalue weighted by molar-refractivity contribution is 7.89. The lowest BCUT2D eigenvalue weighted by atomic mass is 10.1. The molecule has 1 aromatic carbocycles. The minimum absolute atomic E-state index is 0.00518. The molecule has 0 spiro atoms. The fourth-order valence-corrected chi connectivity index (χ4v) is 2.69. The van der Waals surface area contributed by atoms with Gasteiger partial charge in [0.15, 0.2) is 0 Å². The van der Waals surface area contributed by atoms with Crippen molar-refractivity contribution in [2.45, 2.75) is 30.8 Å². The summed E-state index contributed by atoms with van der Waals surface area (Å²) in [5.74, 6) is -1.75. The zero-order valence-electron chi connectivity index (χ0n) is 11.5. The van der Waals surface area contributed by atoms with Crippen LogP contribution in [0.2, 0.25) is 0 Å². The molecule has 1 unspecified atom stereocenters. The molecule has 8 heteroatoms. The van der Waals surface area contributed by atoms with Crippen LogP contribution < -0.4 is 5.14 Å². The van der Waals surface area contributed by atoms with Crippen LogP contribution >= 0.6 is 0 Å². The lowest BCUT2D eigenvalue weighted by Gasteiger charge is -2.12. The quantitative estimate of drug-likeness (QED) is 0.840. The largest absolute Gasteiger partial charge is 0.459 e. The van der Waals surface area contributed by atoms with Crippen molar-refractivity contribution < 1.29 is 27.1 Å². The van der Waals surface area contributed by atoms with E-state index >= 15 is 0 Å². The molecule has 0 radical (unpaired) electrons. The highest BCUT2D eigenvalue weighted by Gasteiger charge is 2.22. The van der Waals surface area contributed by atoms with E-state index in [-0.39, 0.29) is 23.2 Å². The molecule has 1 atom stereocenters. The number of primary sulfonamides is 1. The molecule has 1 aliphatic rings. The third-order valence-electron chi connectivity index (χ3n) is 3.20. The van der Waals surface area contributed by atoms with Gasteiger partial charge in [-0.15, -0.1) is 0 Å². The van der Waals surface area contributed by atoms with Gasteiger partial charge in [-0.3, -0.25) is 0 Å². The number of benzene rings is 1.